The van der Waals surface area contributed by atoms with E-state index >= 15 is 0 Å². The Balaban J connectivity index is 1.24. The number of amides is 2. The van der Waals surface area contributed by atoms with Crippen LogP contribution in [-0.4, -0.2) is 61.2 Å². The fraction of sp³-hybridized carbons (Fsp3) is 0.481. The average Bonchev–Trinajstić information content (AvgIpc) is 2.85. The molecule has 0 atom stereocenters. The summed E-state index contributed by atoms with van der Waals surface area (Å²) in [7, 11) is 2.11. The Kier molecular flexibility index (Phi) is 8.18. The van der Waals surface area contributed by atoms with Crippen LogP contribution in [0.15, 0.2) is 48.5 Å². The highest BCUT2D eigenvalue weighted by atomic mass is 19.4. The molecule has 0 unspecified atom stereocenters. The van der Waals surface area contributed by atoms with Gasteiger partial charge in [0.2, 0.25) is 5.91 Å². The van der Waals surface area contributed by atoms with E-state index in [2.05, 4.69) is 22.0 Å². The molecule has 2 aromatic rings. The Morgan fingerprint density at radius 3 is 2.11 bits per heavy atom. The van der Waals surface area contributed by atoms with Gasteiger partial charge in [-0.3, -0.25) is 9.59 Å². The molecule has 2 aromatic carbocycles. The van der Waals surface area contributed by atoms with Gasteiger partial charge in [0.15, 0.2) is 0 Å². The summed E-state index contributed by atoms with van der Waals surface area (Å²) in [6.45, 7) is 3.22. The van der Waals surface area contributed by atoms with Crippen molar-refractivity contribution in [3.8, 4) is 5.75 Å². The predicted octanol–water partition coefficient (Wildman–Crippen LogP) is 5.28. The van der Waals surface area contributed by atoms with Crippen molar-refractivity contribution in [1.82, 2.24) is 9.80 Å². The summed E-state index contributed by atoms with van der Waals surface area (Å²) in [6, 6.07) is 13.0. The predicted molar refractivity (Wildman–Crippen MR) is 131 cm³/mol. The molecule has 0 saturated carbocycles. The van der Waals surface area contributed by atoms with Gasteiger partial charge in [-0.05, 0) is 99.6 Å². The van der Waals surface area contributed by atoms with E-state index in [1.165, 1.54) is 17.7 Å². The second kappa shape index (κ2) is 11.3. The number of rotatable bonds is 6. The highest BCUT2D eigenvalue weighted by molar-refractivity contribution is 5.94. The number of halogens is 3. The van der Waals surface area contributed by atoms with E-state index in [-0.39, 0.29) is 17.6 Å². The summed E-state index contributed by atoms with van der Waals surface area (Å²) < 4.78 is 40.8. The molecule has 2 saturated heterocycles. The fourth-order valence-corrected chi connectivity index (χ4v) is 4.98. The van der Waals surface area contributed by atoms with Crippen molar-refractivity contribution in [2.45, 2.75) is 44.4 Å². The number of nitrogens with zero attached hydrogens (tertiary/aromatic N) is 2. The average molecular weight is 504 g/mol. The van der Waals surface area contributed by atoms with E-state index in [9.17, 15) is 22.8 Å². The Labute approximate surface area is 209 Å². The summed E-state index contributed by atoms with van der Waals surface area (Å²) in [6.07, 6.45) is -0.501. The lowest BCUT2D eigenvalue weighted by atomic mass is 9.89. The van der Waals surface area contributed by atoms with Crippen LogP contribution in [-0.2, 0) is 4.79 Å². The third-order valence-corrected chi connectivity index (χ3v) is 7.10. The SMILES string of the molecule is CN1CCC(CC(=O)Nc2ccc(C3CCN(C(=O)c4ccc(OC(F)(F)F)cc4)CC3)cc2)CC1. The van der Waals surface area contributed by atoms with Crippen LogP contribution in [0.25, 0.3) is 0 Å². The number of ether oxygens (including phenoxy) is 1. The summed E-state index contributed by atoms with van der Waals surface area (Å²) in [4.78, 5) is 29.2. The maximum absolute atomic E-state index is 12.8. The number of nitrogens with one attached hydrogen (secondary N) is 1. The molecule has 36 heavy (non-hydrogen) atoms. The van der Waals surface area contributed by atoms with Crippen LogP contribution in [0, 0.1) is 5.92 Å². The zero-order valence-electron chi connectivity index (χ0n) is 20.4. The number of piperidine rings is 2. The molecule has 4 rings (SSSR count). The number of likely N-dealkylation sites (tertiary alicyclic amines) is 2. The molecule has 2 heterocycles. The van der Waals surface area contributed by atoms with Crippen LogP contribution in [0.4, 0.5) is 18.9 Å². The molecule has 2 aliphatic rings. The largest absolute Gasteiger partial charge is 0.573 e. The standard InChI is InChI=1S/C27H32F3N3O3/c1-32-14-10-19(11-15-32)18-25(34)31-23-6-2-20(3-7-23)21-12-16-33(17-13-21)26(35)22-4-8-24(9-5-22)36-27(28,29)30/h2-9,19,21H,10-18H2,1H3,(H,31,34). The summed E-state index contributed by atoms with van der Waals surface area (Å²) in [5.74, 6) is 0.260. The summed E-state index contributed by atoms with van der Waals surface area (Å²) >= 11 is 0. The highest BCUT2D eigenvalue weighted by Crippen LogP contribution is 2.30. The van der Waals surface area contributed by atoms with Crippen molar-refractivity contribution >= 4 is 17.5 Å². The van der Waals surface area contributed by atoms with E-state index in [0.29, 0.717) is 36.9 Å². The van der Waals surface area contributed by atoms with E-state index in [0.717, 1.165) is 56.6 Å². The van der Waals surface area contributed by atoms with Gasteiger partial charge in [-0.15, -0.1) is 13.2 Å². The molecule has 0 spiro atoms. The van der Waals surface area contributed by atoms with Gasteiger partial charge in [-0.25, -0.2) is 0 Å². The van der Waals surface area contributed by atoms with Crippen molar-refractivity contribution in [3.63, 3.8) is 0 Å². The minimum absolute atomic E-state index is 0.0575. The molecule has 0 aliphatic carbocycles. The first-order valence-corrected chi connectivity index (χ1v) is 12.4. The molecular formula is C27H32F3N3O3. The first-order chi connectivity index (χ1) is 17.2. The van der Waals surface area contributed by atoms with E-state index in [1.54, 1.807) is 4.90 Å². The molecule has 0 radical (unpaired) electrons. The van der Waals surface area contributed by atoms with Crippen molar-refractivity contribution in [2.75, 3.05) is 38.5 Å². The summed E-state index contributed by atoms with van der Waals surface area (Å²) in [5.41, 5.74) is 2.30. The third-order valence-electron chi connectivity index (χ3n) is 7.10. The van der Waals surface area contributed by atoms with Crippen LogP contribution in [0.2, 0.25) is 0 Å². The lowest BCUT2D eigenvalue weighted by Gasteiger charge is -2.32. The van der Waals surface area contributed by atoms with Crippen LogP contribution >= 0.6 is 0 Å². The van der Waals surface area contributed by atoms with Gasteiger partial charge in [0.05, 0.1) is 0 Å². The first-order valence-electron chi connectivity index (χ1n) is 12.4. The number of hydrogen-bond acceptors (Lipinski definition) is 4. The van der Waals surface area contributed by atoms with Crippen LogP contribution in [0.3, 0.4) is 0 Å². The van der Waals surface area contributed by atoms with Crippen LogP contribution in [0.5, 0.6) is 5.75 Å². The van der Waals surface area contributed by atoms with E-state index < -0.39 is 6.36 Å². The minimum atomic E-state index is -4.76. The van der Waals surface area contributed by atoms with Gasteiger partial charge < -0.3 is 19.9 Å². The van der Waals surface area contributed by atoms with Crippen LogP contribution < -0.4 is 10.1 Å². The quantitative estimate of drug-likeness (QED) is 0.583. The number of carbonyl (C=O) groups is 2. The first kappa shape index (κ1) is 26.0. The number of hydrogen-bond donors (Lipinski definition) is 1. The Morgan fingerprint density at radius 2 is 1.53 bits per heavy atom. The number of benzene rings is 2. The molecule has 0 bridgehead atoms. The topological polar surface area (TPSA) is 61.9 Å². The molecule has 1 N–H and O–H groups in total. The van der Waals surface area contributed by atoms with Crippen molar-refractivity contribution in [2.24, 2.45) is 5.92 Å². The monoisotopic (exact) mass is 503 g/mol. The second-order valence-electron chi connectivity index (χ2n) is 9.76. The normalized spacial score (nSPS) is 18.2. The van der Waals surface area contributed by atoms with E-state index in [4.69, 9.17) is 0 Å². The fourth-order valence-electron chi connectivity index (χ4n) is 4.98. The van der Waals surface area contributed by atoms with Gasteiger partial charge in [-0.2, -0.15) is 0 Å². The second-order valence-corrected chi connectivity index (χ2v) is 9.76. The number of alkyl halides is 3. The van der Waals surface area contributed by atoms with Gasteiger partial charge in [0, 0.05) is 30.8 Å². The Bertz CT molecular complexity index is 1020. The minimum Gasteiger partial charge on any atom is -0.406 e. The molecule has 194 valence electrons. The van der Waals surface area contributed by atoms with Crippen LogP contribution in [0.1, 0.15) is 53.9 Å². The molecule has 2 fully saturated rings. The summed E-state index contributed by atoms with van der Waals surface area (Å²) in [5, 5.41) is 3.01. The van der Waals surface area contributed by atoms with Gasteiger partial charge in [0.25, 0.3) is 5.91 Å². The van der Waals surface area contributed by atoms with Crippen molar-refractivity contribution in [3.05, 3.63) is 59.7 Å². The van der Waals surface area contributed by atoms with Crippen molar-refractivity contribution < 1.29 is 27.5 Å². The Morgan fingerprint density at radius 1 is 0.917 bits per heavy atom. The van der Waals surface area contributed by atoms with Crippen molar-refractivity contribution in [1.29, 1.82) is 0 Å². The number of anilines is 1. The van der Waals surface area contributed by atoms with Gasteiger partial charge >= 0.3 is 6.36 Å². The maximum Gasteiger partial charge on any atom is 0.573 e. The smallest absolute Gasteiger partial charge is 0.406 e. The zero-order chi connectivity index (χ0) is 25.7. The molecule has 0 aromatic heterocycles. The molecule has 9 heteroatoms. The van der Waals surface area contributed by atoms with Gasteiger partial charge in [-0.1, -0.05) is 12.1 Å². The molecular weight excluding hydrogens is 471 g/mol. The molecule has 6 nitrogen and oxygen atoms in total. The molecule has 2 amide bonds. The molecule has 2 aliphatic heterocycles. The lowest BCUT2D eigenvalue weighted by Crippen LogP contribution is -2.37. The van der Waals surface area contributed by atoms with E-state index in [1.807, 2.05) is 24.3 Å². The Hall–Kier alpha value is -3.07. The maximum atomic E-state index is 12.8. The third kappa shape index (κ3) is 7.22. The van der Waals surface area contributed by atoms with Gasteiger partial charge in [0.1, 0.15) is 5.75 Å². The number of carbonyl (C=O) groups excluding carboxylic acids is 2. The zero-order valence-corrected chi connectivity index (χ0v) is 20.4. The highest BCUT2D eigenvalue weighted by Gasteiger charge is 2.31. The lowest BCUT2D eigenvalue weighted by molar-refractivity contribution is -0.274.